The van der Waals surface area contributed by atoms with Crippen LogP contribution in [-0.2, 0) is 0 Å². The molecule has 0 aliphatic heterocycles. The summed E-state index contributed by atoms with van der Waals surface area (Å²) >= 11 is 0. The van der Waals surface area contributed by atoms with Crippen LogP contribution in [0.1, 0.15) is 0 Å². The van der Waals surface area contributed by atoms with Crippen molar-refractivity contribution in [3.63, 3.8) is 0 Å². The summed E-state index contributed by atoms with van der Waals surface area (Å²) in [6.07, 6.45) is 3.43. The number of H-pyrrole nitrogens is 1. The van der Waals surface area contributed by atoms with Crippen molar-refractivity contribution < 1.29 is 9.52 Å². The summed E-state index contributed by atoms with van der Waals surface area (Å²) in [6, 6.07) is 14.3. The minimum atomic E-state index is -0.473. The number of oxazole rings is 1. The van der Waals surface area contributed by atoms with Gasteiger partial charge in [0.25, 0.3) is 0 Å². The van der Waals surface area contributed by atoms with E-state index in [2.05, 4.69) is 15.3 Å². The van der Waals surface area contributed by atoms with Crippen molar-refractivity contribution in [3.8, 4) is 16.9 Å². The summed E-state index contributed by atoms with van der Waals surface area (Å²) < 4.78 is 5.09. The lowest BCUT2D eigenvalue weighted by atomic mass is 10.1. The number of phenolic OH excluding ortho intramolecular Hbond substituents is 1. The first-order valence-corrected chi connectivity index (χ1v) is 7.32. The predicted octanol–water partition coefficient (Wildman–Crippen LogP) is 3.63. The highest BCUT2D eigenvalue weighted by Crippen LogP contribution is 2.26. The Labute approximate surface area is 136 Å². The molecule has 0 amide bonds. The molecule has 0 saturated carbocycles. The topological polar surface area (TPSA) is 91.2 Å². The van der Waals surface area contributed by atoms with Gasteiger partial charge in [-0.1, -0.05) is 12.1 Å². The standard InChI is InChI=1S/C18H13N3O3/c22-15-3-1-2-13(8-15)20-14-6-12(9-19-10-14)11-4-5-16-17(7-11)24-18(23)21-16/h1-10,20,22H,(H,21,23). The fraction of sp³-hybridized carbons (Fsp3) is 0. The molecule has 0 unspecified atom stereocenters. The van der Waals surface area contributed by atoms with Crippen LogP contribution in [0, 0.1) is 0 Å². The van der Waals surface area contributed by atoms with Gasteiger partial charge in [-0.2, -0.15) is 0 Å². The van der Waals surface area contributed by atoms with Crippen molar-refractivity contribution in [2.45, 2.75) is 0 Å². The molecular formula is C18H13N3O3. The highest BCUT2D eigenvalue weighted by Gasteiger charge is 2.06. The Hall–Kier alpha value is -3.54. The summed E-state index contributed by atoms with van der Waals surface area (Å²) in [5.41, 5.74) is 4.48. The van der Waals surface area contributed by atoms with Gasteiger partial charge in [0.2, 0.25) is 0 Å². The number of aromatic hydroxyl groups is 1. The van der Waals surface area contributed by atoms with E-state index in [1.807, 2.05) is 18.2 Å². The lowest BCUT2D eigenvalue weighted by Crippen LogP contribution is -1.92. The number of hydrogen-bond acceptors (Lipinski definition) is 5. The quantitative estimate of drug-likeness (QED) is 0.536. The molecule has 2 heterocycles. The molecule has 6 nitrogen and oxygen atoms in total. The number of nitrogens with one attached hydrogen (secondary N) is 2. The molecule has 0 atom stereocenters. The molecule has 24 heavy (non-hydrogen) atoms. The molecule has 0 aliphatic rings. The third-order valence-corrected chi connectivity index (χ3v) is 3.63. The lowest BCUT2D eigenvalue weighted by Gasteiger charge is -2.08. The number of hydrogen-bond donors (Lipinski definition) is 3. The second kappa shape index (κ2) is 5.58. The van der Waals surface area contributed by atoms with Crippen LogP contribution in [0.3, 0.4) is 0 Å². The zero-order valence-electron chi connectivity index (χ0n) is 12.5. The normalized spacial score (nSPS) is 10.8. The molecule has 0 saturated heterocycles. The van der Waals surface area contributed by atoms with Gasteiger partial charge in [-0.15, -0.1) is 0 Å². The van der Waals surface area contributed by atoms with Crippen molar-refractivity contribution in [1.82, 2.24) is 9.97 Å². The van der Waals surface area contributed by atoms with Gasteiger partial charge in [-0.3, -0.25) is 9.97 Å². The van der Waals surface area contributed by atoms with E-state index in [-0.39, 0.29) is 5.75 Å². The van der Waals surface area contributed by atoms with Gasteiger partial charge < -0.3 is 14.8 Å². The zero-order chi connectivity index (χ0) is 16.5. The molecular weight excluding hydrogens is 306 g/mol. The molecule has 0 spiro atoms. The minimum Gasteiger partial charge on any atom is -0.508 e. The number of phenols is 1. The minimum absolute atomic E-state index is 0.192. The third kappa shape index (κ3) is 2.72. The molecule has 2 aromatic carbocycles. The summed E-state index contributed by atoms with van der Waals surface area (Å²) in [4.78, 5) is 18.1. The molecule has 4 aromatic rings. The van der Waals surface area contributed by atoms with E-state index < -0.39 is 5.76 Å². The number of pyridine rings is 1. The lowest BCUT2D eigenvalue weighted by molar-refractivity contribution is 0.475. The van der Waals surface area contributed by atoms with E-state index in [9.17, 15) is 9.90 Å². The first kappa shape index (κ1) is 14.1. The van der Waals surface area contributed by atoms with E-state index in [0.29, 0.717) is 11.1 Å². The summed E-state index contributed by atoms with van der Waals surface area (Å²) in [6.45, 7) is 0. The largest absolute Gasteiger partial charge is 0.508 e. The SMILES string of the molecule is O=c1[nH]c2ccc(-c3cncc(Nc4cccc(O)c4)c3)cc2o1. The summed E-state index contributed by atoms with van der Waals surface area (Å²) in [5.74, 6) is -0.281. The van der Waals surface area contributed by atoms with Crippen molar-refractivity contribution in [1.29, 1.82) is 0 Å². The number of rotatable bonds is 3. The number of fused-ring (bicyclic) bond motifs is 1. The molecule has 0 aliphatic carbocycles. The van der Waals surface area contributed by atoms with Crippen molar-refractivity contribution in [2.24, 2.45) is 0 Å². The van der Waals surface area contributed by atoms with Crippen LogP contribution in [0.5, 0.6) is 5.75 Å². The van der Waals surface area contributed by atoms with E-state index in [4.69, 9.17) is 4.42 Å². The van der Waals surface area contributed by atoms with Gasteiger partial charge in [-0.25, -0.2) is 4.79 Å². The monoisotopic (exact) mass is 319 g/mol. The van der Waals surface area contributed by atoms with Gasteiger partial charge in [0.15, 0.2) is 5.58 Å². The molecule has 4 rings (SSSR count). The van der Waals surface area contributed by atoms with Crippen LogP contribution in [0.15, 0.2) is 70.1 Å². The number of nitrogens with zero attached hydrogens (tertiary/aromatic N) is 1. The van der Waals surface area contributed by atoms with Gasteiger partial charge in [0, 0.05) is 23.5 Å². The van der Waals surface area contributed by atoms with Gasteiger partial charge in [-0.05, 0) is 35.9 Å². The van der Waals surface area contributed by atoms with E-state index in [1.54, 1.807) is 42.7 Å². The van der Waals surface area contributed by atoms with Crippen molar-refractivity contribution in [2.75, 3.05) is 5.32 Å². The first-order valence-electron chi connectivity index (χ1n) is 7.32. The van der Waals surface area contributed by atoms with Crippen molar-refractivity contribution in [3.05, 3.63) is 71.5 Å². The van der Waals surface area contributed by atoms with Crippen LogP contribution in [0.2, 0.25) is 0 Å². The molecule has 6 heteroatoms. The van der Waals surface area contributed by atoms with Crippen LogP contribution < -0.4 is 11.1 Å². The molecule has 0 fully saturated rings. The Morgan fingerprint density at radius 1 is 1.00 bits per heavy atom. The first-order chi connectivity index (χ1) is 11.7. The Morgan fingerprint density at radius 3 is 2.79 bits per heavy atom. The Kier molecular flexibility index (Phi) is 3.28. The highest BCUT2D eigenvalue weighted by molar-refractivity contribution is 5.80. The number of aromatic nitrogens is 2. The average molecular weight is 319 g/mol. The highest BCUT2D eigenvalue weighted by atomic mass is 16.4. The van der Waals surface area contributed by atoms with E-state index in [1.165, 1.54) is 0 Å². The van der Waals surface area contributed by atoms with Crippen molar-refractivity contribution >= 4 is 22.5 Å². The second-order valence-corrected chi connectivity index (χ2v) is 5.36. The third-order valence-electron chi connectivity index (χ3n) is 3.63. The van der Waals surface area contributed by atoms with E-state index in [0.717, 1.165) is 22.5 Å². The number of anilines is 2. The average Bonchev–Trinajstić information content (AvgIpc) is 2.94. The van der Waals surface area contributed by atoms with Gasteiger partial charge >= 0.3 is 5.76 Å². The van der Waals surface area contributed by atoms with Crippen LogP contribution in [-0.4, -0.2) is 15.1 Å². The van der Waals surface area contributed by atoms with Gasteiger partial charge in [0.1, 0.15) is 5.75 Å². The maximum absolute atomic E-state index is 11.3. The molecule has 2 aromatic heterocycles. The summed E-state index contributed by atoms with van der Waals surface area (Å²) in [7, 11) is 0. The maximum atomic E-state index is 11.3. The van der Waals surface area contributed by atoms with E-state index >= 15 is 0 Å². The predicted molar refractivity (Wildman–Crippen MR) is 91.5 cm³/mol. The molecule has 118 valence electrons. The molecule has 3 N–H and O–H groups in total. The zero-order valence-corrected chi connectivity index (χ0v) is 12.5. The van der Waals surface area contributed by atoms with Crippen LogP contribution in [0.4, 0.5) is 11.4 Å². The molecule has 0 radical (unpaired) electrons. The molecule has 0 bridgehead atoms. The number of benzene rings is 2. The Morgan fingerprint density at radius 2 is 1.92 bits per heavy atom. The fourth-order valence-electron chi connectivity index (χ4n) is 2.54. The maximum Gasteiger partial charge on any atom is 0.417 e. The van der Waals surface area contributed by atoms with Gasteiger partial charge in [0.05, 0.1) is 17.4 Å². The van der Waals surface area contributed by atoms with Crippen LogP contribution in [0.25, 0.3) is 22.2 Å². The Balaban J connectivity index is 1.69. The smallest absolute Gasteiger partial charge is 0.417 e. The fourth-order valence-corrected chi connectivity index (χ4v) is 2.54. The summed E-state index contributed by atoms with van der Waals surface area (Å²) in [5, 5.41) is 12.7. The van der Waals surface area contributed by atoms with Crippen LogP contribution >= 0.6 is 0 Å². The Bertz CT molecular complexity index is 1080. The number of aromatic amines is 1. The second-order valence-electron chi connectivity index (χ2n) is 5.36.